The lowest BCUT2D eigenvalue weighted by Gasteiger charge is -2.53. The number of nitrogens with one attached hydrogen (secondary N) is 1. The van der Waals surface area contributed by atoms with Gasteiger partial charge in [0.15, 0.2) is 0 Å². The van der Waals surface area contributed by atoms with Crippen LogP contribution in [0.4, 0.5) is 0 Å². The molecule has 1 saturated carbocycles. The first-order chi connectivity index (χ1) is 7.33. The Morgan fingerprint density at radius 1 is 1.53 bits per heavy atom. The Hall–Kier alpha value is -0.800. The Morgan fingerprint density at radius 2 is 2.47 bits per heavy atom. The van der Waals surface area contributed by atoms with Crippen molar-refractivity contribution >= 4 is 11.6 Å². The largest absolute Gasteiger partial charge is 0.492 e. The number of halogens is 1. The van der Waals surface area contributed by atoms with Gasteiger partial charge in [-0.1, -0.05) is 11.6 Å². The summed E-state index contributed by atoms with van der Waals surface area (Å²) in [5, 5.41) is 3.90. The van der Waals surface area contributed by atoms with Crippen LogP contribution in [-0.4, -0.2) is 24.2 Å². The fourth-order valence-corrected chi connectivity index (χ4v) is 2.43. The number of pyridine rings is 1. The number of rotatable bonds is 3. The standard InChI is InChI=1S/C11H13ClN2O/c12-11-2-1-8(4-14-11)15-6-7-3-10-9(7)5-13-10/h1-2,4,7,9-10,13H,3,5-6H2/t7-,9?,10?/m0/s1. The number of aromatic nitrogens is 1. The molecule has 2 fully saturated rings. The molecule has 2 heterocycles. The monoisotopic (exact) mass is 224 g/mol. The molecule has 1 N–H and O–H groups in total. The number of hydrogen-bond acceptors (Lipinski definition) is 3. The van der Waals surface area contributed by atoms with Crippen LogP contribution in [0.5, 0.6) is 5.75 Å². The van der Waals surface area contributed by atoms with Gasteiger partial charge < -0.3 is 10.1 Å². The Bertz CT molecular complexity index is 354. The fraction of sp³-hybridized carbons (Fsp3) is 0.545. The highest BCUT2D eigenvalue weighted by atomic mass is 35.5. The van der Waals surface area contributed by atoms with Gasteiger partial charge in [0.05, 0.1) is 12.8 Å². The van der Waals surface area contributed by atoms with Gasteiger partial charge in [0.1, 0.15) is 10.9 Å². The number of ether oxygens (including phenoxy) is 1. The molecule has 15 heavy (non-hydrogen) atoms. The van der Waals surface area contributed by atoms with Crippen molar-refractivity contribution in [3.05, 3.63) is 23.5 Å². The van der Waals surface area contributed by atoms with Crippen molar-refractivity contribution in [3.8, 4) is 5.75 Å². The maximum Gasteiger partial charge on any atom is 0.137 e. The molecular weight excluding hydrogens is 212 g/mol. The van der Waals surface area contributed by atoms with Crippen molar-refractivity contribution in [3.63, 3.8) is 0 Å². The first-order valence-corrected chi connectivity index (χ1v) is 5.68. The van der Waals surface area contributed by atoms with Crippen LogP contribution in [0, 0.1) is 11.8 Å². The molecule has 2 unspecified atom stereocenters. The first kappa shape index (κ1) is 9.43. The molecule has 1 aliphatic heterocycles. The second kappa shape index (κ2) is 3.65. The summed E-state index contributed by atoms with van der Waals surface area (Å²) in [6, 6.07) is 4.40. The van der Waals surface area contributed by atoms with E-state index in [1.165, 1.54) is 6.42 Å². The topological polar surface area (TPSA) is 34.1 Å². The zero-order chi connectivity index (χ0) is 10.3. The van der Waals surface area contributed by atoms with Crippen molar-refractivity contribution in [2.75, 3.05) is 13.2 Å². The van der Waals surface area contributed by atoms with E-state index in [1.807, 2.05) is 6.07 Å². The molecule has 0 amide bonds. The second-order valence-electron chi connectivity index (χ2n) is 4.30. The van der Waals surface area contributed by atoms with E-state index in [0.717, 1.165) is 36.8 Å². The molecule has 0 bridgehead atoms. The summed E-state index contributed by atoms with van der Waals surface area (Å²) < 4.78 is 5.67. The molecule has 0 radical (unpaired) electrons. The second-order valence-corrected chi connectivity index (χ2v) is 4.69. The van der Waals surface area contributed by atoms with Crippen LogP contribution >= 0.6 is 11.6 Å². The van der Waals surface area contributed by atoms with Gasteiger partial charge in [0.25, 0.3) is 0 Å². The molecule has 3 rings (SSSR count). The van der Waals surface area contributed by atoms with Gasteiger partial charge in [-0.05, 0) is 30.4 Å². The van der Waals surface area contributed by atoms with E-state index in [1.54, 1.807) is 12.3 Å². The lowest BCUT2D eigenvalue weighted by atomic mass is 9.64. The van der Waals surface area contributed by atoms with Crippen LogP contribution in [0.3, 0.4) is 0 Å². The average Bonchev–Trinajstić information content (AvgIpc) is 2.22. The summed E-state index contributed by atoms with van der Waals surface area (Å²) in [6.07, 6.45) is 2.93. The van der Waals surface area contributed by atoms with Crippen LogP contribution in [0.2, 0.25) is 5.15 Å². The molecule has 0 spiro atoms. The van der Waals surface area contributed by atoms with Gasteiger partial charge in [-0.25, -0.2) is 4.98 Å². The summed E-state index contributed by atoms with van der Waals surface area (Å²) >= 11 is 5.69. The third-order valence-corrected chi connectivity index (χ3v) is 3.68. The van der Waals surface area contributed by atoms with E-state index in [0.29, 0.717) is 5.15 Å². The molecule has 3 atom stereocenters. The highest BCUT2D eigenvalue weighted by Gasteiger charge is 2.47. The summed E-state index contributed by atoms with van der Waals surface area (Å²) in [7, 11) is 0. The molecule has 2 aliphatic rings. The van der Waals surface area contributed by atoms with Crippen LogP contribution in [0.25, 0.3) is 0 Å². The van der Waals surface area contributed by atoms with Crippen molar-refractivity contribution in [1.29, 1.82) is 0 Å². The van der Waals surface area contributed by atoms with Crippen molar-refractivity contribution in [2.45, 2.75) is 12.5 Å². The summed E-state index contributed by atoms with van der Waals surface area (Å²) in [6.45, 7) is 1.98. The Kier molecular flexibility index (Phi) is 2.29. The van der Waals surface area contributed by atoms with Crippen molar-refractivity contribution in [2.24, 2.45) is 11.8 Å². The van der Waals surface area contributed by atoms with E-state index in [4.69, 9.17) is 16.3 Å². The molecule has 80 valence electrons. The van der Waals surface area contributed by atoms with E-state index in [2.05, 4.69) is 10.3 Å². The smallest absolute Gasteiger partial charge is 0.137 e. The Labute approximate surface area is 93.8 Å². The first-order valence-electron chi connectivity index (χ1n) is 5.30. The molecule has 3 nitrogen and oxygen atoms in total. The number of nitrogens with zero attached hydrogens (tertiary/aromatic N) is 1. The molecule has 1 aromatic rings. The minimum atomic E-state index is 0.509. The van der Waals surface area contributed by atoms with E-state index < -0.39 is 0 Å². The predicted molar refractivity (Wildman–Crippen MR) is 58.1 cm³/mol. The van der Waals surface area contributed by atoms with Crippen LogP contribution < -0.4 is 10.1 Å². The van der Waals surface area contributed by atoms with Gasteiger partial charge in [-0.2, -0.15) is 0 Å². The van der Waals surface area contributed by atoms with Crippen LogP contribution in [-0.2, 0) is 0 Å². The summed E-state index contributed by atoms with van der Waals surface area (Å²) in [5.41, 5.74) is 0. The molecule has 1 aliphatic carbocycles. The van der Waals surface area contributed by atoms with Gasteiger partial charge >= 0.3 is 0 Å². The van der Waals surface area contributed by atoms with Gasteiger partial charge in [0, 0.05) is 12.6 Å². The molecule has 4 heteroatoms. The van der Waals surface area contributed by atoms with Crippen LogP contribution in [0.15, 0.2) is 18.3 Å². The molecular formula is C11H13ClN2O. The third-order valence-electron chi connectivity index (χ3n) is 3.46. The summed E-state index contributed by atoms with van der Waals surface area (Å²) in [5.74, 6) is 2.40. The highest BCUT2D eigenvalue weighted by Crippen LogP contribution is 2.40. The van der Waals surface area contributed by atoms with Crippen molar-refractivity contribution in [1.82, 2.24) is 10.3 Å². The molecule has 1 aromatic heterocycles. The molecule has 1 saturated heterocycles. The lowest BCUT2D eigenvalue weighted by Crippen LogP contribution is -2.65. The summed E-state index contributed by atoms with van der Waals surface area (Å²) in [4.78, 5) is 3.98. The van der Waals surface area contributed by atoms with E-state index in [-0.39, 0.29) is 0 Å². The molecule has 0 aromatic carbocycles. The zero-order valence-corrected chi connectivity index (χ0v) is 9.07. The Balaban J connectivity index is 1.51. The van der Waals surface area contributed by atoms with Gasteiger partial charge in [-0.15, -0.1) is 0 Å². The zero-order valence-electron chi connectivity index (χ0n) is 8.32. The number of fused-ring (bicyclic) bond motifs is 1. The number of hydrogen-bond donors (Lipinski definition) is 1. The average molecular weight is 225 g/mol. The van der Waals surface area contributed by atoms with Crippen LogP contribution in [0.1, 0.15) is 6.42 Å². The predicted octanol–water partition coefficient (Wildman–Crippen LogP) is 1.72. The SMILES string of the molecule is Clc1ccc(OC[C@@H]2CC3NCC32)cn1. The van der Waals surface area contributed by atoms with E-state index in [9.17, 15) is 0 Å². The van der Waals surface area contributed by atoms with Crippen molar-refractivity contribution < 1.29 is 4.74 Å². The number of piperidine rings is 1. The Morgan fingerprint density at radius 3 is 3.00 bits per heavy atom. The maximum atomic E-state index is 5.69. The third kappa shape index (κ3) is 1.70. The highest BCUT2D eigenvalue weighted by molar-refractivity contribution is 6.29. The quantitative estimate of drug-likeness (QED) is 0.794. The lowest BCUT2D eigenvalue weighted by molar-refractivity contribution is -0.00389. The van der Waals surface area contributed by atoms with Gasteiger partial charge in [-0.3, -0.25) is 0 Å². The van der Waals surface area contributed by atoms with E-state index >= 15 is 0 Å². The normalized spacial score (nSPS) is 32.5. The van der Waals surface area contributed by atoms with Gasteiger partial charge in [0.2, 0.25) is 0 Å². The minimum Gasteiger partial charge on any atom is -0.492 e. The minimum absolute atomic E-state index is 0.509. The fourth-order valence-electron chi connectivity index (χ4n) is 2.32. The maximum absolute atomic E-state index is 5.69.